The lowest BCUT2D eigenvalue weighted by atomic mass is 9.33. The van der Waals surface area contributed by atoms with E-state index in [1.165, 1.54) is 0 Å². The molecule has 0 unspecified atom stereocenters. The van der Waals surface area contributed by atoms with E-state index in [0.717, 1.165) is 31.3 Å². The van der Waals surface area contributed by atoms with Crippen LogP contribution in [0.15, 0.2) is 11.6 Å². The number of rotatable bonds is 3. The van der Waals surface area contributed by atoms with Crippen molar-refractivity contribution in [2.45, 2.75) is 105 Å². The molecule has 0 aromatic rings. The Bertz CT molecular complexity index is 1040. The van der Waals surface area contributed by atoms with Crippen LogP contribution in [0.5, 0.6) is 0 Å². The number of carboxylic acid groups (broad SMARTS) is 2. The highest BCUT2D eigenvalue weighted by atomic mass is 16.4. The lowest BCUT2D eigenvalue weighted by Gasteiger charge is -2.71. The zero-order valence-corrected chi connectivity index (χ0v) is 23.1. The van der Waals surface area contributed by atoms with Crippen molar-refractivity contribution in [3.05, 3.63) is 11.6 Å². The van der Waals surface area contributed by atoms with Gasteiger partial charge in [0.2, 0.25) is 0 Å². The van der Waals surface area contributed by atoms with Crippen molar-refractivity contribution in [1.82, 2.24) is 0 Å². The van der Waals surface area contributed by atoms with Crippen LogP contribution in [-0.4, -0.2) is 56.3 Å². The number of hydrogen-bond acceptors (Lipinski definition) is 5. The smallest absolute Gasteiger partial charge is 0.312 e. The van der Waals surface area contributed by atoms with Crippen molar-refractivity contribution < 1.29 is 35.1 Å². The largest absolute Gasteiger partial charge is 0.481 e. The summed E-state index contributed by atoms with van der Waals surface area (Å²) in [5, 5.41) is 52.8. The summed E-state index contributed by atoms with van der Waals surface area (Å²) in [6.45, 7) is 10.6. The maximum absolute atomic E-state index is 12.8. The number of carbonyl (C=O) groups is 2. The predicted octanol–water partition coefficient (Wildman–Crippen LogP) is 4.24. The summed E-state index contributed by atoms with van der Waals surface area (Å²) in [5.74, 6) is -1.89. The van der Waals surface area contributed by atoms with Crippen LogP contribution in [0.25, 0.3) is 0 Å². The molecular weight excluding hydrogens is 472 g/mol. The first-order valence-corrected chi connectivity index (χ1v) is 14.2. The first kappa shape index (κ1) is 27.1. The summed E-state index contributed by atoms with van der Waals surface area (Å²) in [6, 6.07) is 0. The normalized spacial score (nSPS) is 55.1. The Morgan fingerprint density at radius 2 is 1.54 bits per heavy atom. The molecule has 0 saturated heterocycles. The van der Waals surface area contributed by atoms with E-state index >= 15 is 0 Å². The molecule has 37 heavy (non-hydrogen) atoms. The van der Waals surface area contributed by atoms with Gasteiger partial charge >= 0.3 is 11.9 Å². The number of aliphatic hydroxyl groups excluding tert-OH is 3. The second-order valence-electron chi connectivity index (χ2n) is 14.7. The standard InChI is InChI=1S/C30H46O7/c1-25-10-9-21(32)27(3,16-31)19(25)8-11-29(5)20(25)7-6-17-18-14-26(2,23(34)35)22(33)15-30(18,24(36)37)13-12-28(17,29)4/h6,18-22,31-33H,7-16H2,1-5H3,(H,34,35)(H,36,37)/t18-,19+,20+,21-,22-,25-,26-,27-,28+,29+,30+/m0/s1. The van der Waals surface area contributed by atoms with Crippen LogP contribution >= 0.6 is 0 Å². The summed E-state index contributed by atoms with van der Waals surface area (Å²) in [7, 11) is 0. The number of carboxylic acids is 2. The molecule has 0 aliphatic heterocycles. The average molecular weight is 519 g/mol. The van der Waals surface area contributed by atoms with E-state index in [0.29, 0.717) is 25.2 Å². The number of hydrogen-bond donors (Lipinski definition) is 5. The third-order valence-corrected chi connectivity index (χ3v) is 13.6. The van der Waals surface area contributed by atoms with Gasteiger partial charge < -0.3 is 25.5 Å². The Hall–Kier alpha value is -1.44. The lowest BCUT2D eigenvalue weighted by molar-refractivity contribution is -0.219. The van der Waals surface area contributed by atoms with Crippen LogP contribution in [0.3, 0.4) is 0 Å². The molecule has 0 bridgehead atoms. The fourth-order valence-electron chi connectivity index (χ4n) is 10.7. The zero-order valence-electron chi connectivity index (χ0n) is 23.1. The number of fused-ring (bicyclic) bond motifs is 7. The Kier molecular flexibility index (Phi) is 5.90. The molecule has 4 saturated carbocycles. The number of aliphatic carboxylic acids is 2. The molecule has 0 radical (unpaired) electrons. The number of allylic oxidation sites excluding steroid dienone is 2. The summed E-state index contributed by atoms with van der Waals surface area (Å²) >= 11 is 0. The molecule has 0 aromatic carbocycles. The van der Waals surface area contributed by atoms with Crippen LogP contribution in [0.1, 0.15) is 92.4 Å². The Labute approximate surface area is 220 Å². The van der Waals surface area contributed by atoms with Gasteiger partial charge in [0, 0.05) is 5.41 Å². The second kappa shape index (κ2) is 8.04. The minimum absolute atomic E-state index is 0.0318. The van der Waals surface area contributed by atoms with Gasteiger partial charge in [-0.2, -0.15) is 0 Å². The van der Waals surface area contributed by atoms with Crippen LogP contribution in [0.4, 0.5) is 0 Å². The van der Waals surface area contributed by atoms with E-state index in [-0.39, 0.29) is 41.6 Å². The van der Waals surface area contributed by atoms with Gasteiger partial charge in [-0.25, -0.2) is 0 Å². The van der Waals surface area contributed by atoms with Crippen LogP contribution < -0.4 is 0 Å². The molecule has 7 heteroatoms. The maximum atomic E-state index is 12.8. The molecular formula is C30H46O7. The maximum Gasteiger partial charge on any atom is 0.312 e. The van der Waals surface area contributed by atoms with Gasteiger partial charge in [0.1, 0.15) is 0 Å². The number of aliphatic hydroxyl groups is 3. The molecule has 4 fully saturated rings. The van der Waals surface area contributed by atoms with E-state index in [1.807, 2.05) is 6.92 Å². The fourth-order valence-corrected chi connectivity index (χ4v) is 10.7. The van der Waals surface area contributed by atoms with E-state index in [2.05, 4.69) is 26.8 Å². The Morgan fingerprint density at radius 1 is 0.865 bits per heavy atom. The van der Waals surface area contributed by atoms with E-state index in [4.69, 9.17) is 0 Å². The minimum atomic E-state index is -1.38. The van der Waals surface area contributed by atoms with Crippen molar-refractivity contribution in [3.8, 4) is 0 Å². The average Bonchev–Trinajstić information content (AvgIpc) is 2.83. The van der Waals surface area contributed by atoms with Crippen LogP contribution in [-0.2, 0) is 9.59 Å². The van der Waals surface area contributed by atoms with Crippen molar-refractivity contribution in [2.75, 3.05) is 6.61 Å². The highest BCUT2D eigenvalue weighted by molar-refractivity contribution is 5.80. The summed E-state index contributed by atoms with van der Waals surface area (Å²) in [6.07, 6.45) is 5.97. The molecule has 208 valence electrons. The molecule has 5 aliphatic carbocycles. The topological polar surface area (TPSA) is 135 Å². The highest BCUT2D eigenvalue weighted by Crippen LogP contribution is 2.75. The molecule has 5 aliphatic rings. The first-order chi connectivity index (χ1) is 17.1. The van der Waals surface area contributed by atoms with Crippen molar-refractivity contribution in [2.24, 2.45) is 50.2 Å². The van der Waals surface area contributed by atoms with Gasteiger partial charge in [-0.3, -0.25) is 9.59 Å². The summed E-state index contributed by atoms with van der Waals surface area (Å²) in [5.41, 5.74) is -2.41. The fraction of sp³-hybridized carbons (Fsp3) is 0.867. The molecule has 0 spiro atoms. The predicted molar refractivity (Wildman–Crippen MR) is 137 cm³/mol. The van der Waals surface area contributed by atoms with Crippen LogP contribution in [0, 0.1) is 50.2 Å². The highest BCUT2D eigenvalue weighted by Gasteiger charge is 2.71. The Morgan fingerprint density at radius 3 is 2.14 bits per heavy atom. The van der Waals surface area contributed by atoms with E-state index in [9.17, 15) is 35.1 Å². The molecule has 7 nitrogen and oxygen atoms in total. The van der Waals surface area contributed by atoms with E-state index in [1.54, 1.807) is 6.92 Å². The molecule has 5 N–H and O–H groups in total. The van der Waals surface area contributed by atoms with Gasteiger partial charge in [0.15, 0.2) is 0 Å². The SMILES string of the molecule is C[C@]12CC[C@H](O)[C@@](C)(CO)[C@@H]1CC[C@]1(C)[C@@H]2CC=C2[C@@H]3C[C@](C)(C(=O)O)[C@@H](O)C[C@]3(C(=O)O)CC[C@]21C. The summed E-state index contributed by atoms with van der Waals surface area (Å²) in [4.78, 5) is 25.1. The van der Waals surface area contributed by atoms with Crippen LogP contribution in [0.2, 0.25) is 0 Å². The quantitative estimate of drug-likeness (QED) is 0.353. The second-order valence-corrected chi connectivity index (χ2v) is 14.7. The van der Waals surface area contributed by atoms with E-state index < -0.39 is 46.3 Å². The van der Waals surface area contributed by atoms with Gasteiger partial charge in [-0.15, -0.1) is 0 Å². The molecule has 11 atom stereocenters. The van der Waals surface area contributed by atoms with Gasteiger partial charge in [-0.1, -0.05) is 39.3 Å². The van der Waals surface area contributed by atoms with Gasteiger partial charge in [-0.05, 0) is 98.7 Å². The monoisotopic (exact) mass is 518 g/mol. The van der Waals surface area contributed by atoms with Crippen molar-refractivity contribution in [1.29, 1.82) is 0 Å². The third-order valence-electron chi connectivity index (χ3n) is 13.6. The molecule has 0 aromatic heterocycles. The minimum Gasteiger partial charge on any atom is -0.481 e. The molecule has 0 amide bonds. The van der Waals surface area contributed by atoms with Gasteiger partial charge in [0.25, 0.3) is 0 Å². The zero-order chi connectivity index (χ0) is 27.4. The van der Waals surface area contributed by atoms with Gasteiger partial charge in [0.05, 0.1) is 29.6 Å². The first-order valence-electron chi connectivity index (χ1n) is 14.2. The Balaban J connectivity index is 1.61. The summed E-state index contributed by atoms with van der Waals surface area (Å²) < 4.78 is 0. The van der Waals surface area contributed by atoms with Crippen molar-refractivity contribution >= 4 is 11.9 Å². The lowest BCUT2D eigenvalue weighted by Crippen LogP contribution is -2.66. The van der Waals surface area contributed by atoms with Crippen molar-refractivity contribution in [3.63, 3.8) is 0 Å². The molecule has 0 heterocycles. The third kappa shape index (κ3) is 3.11. The molecule has 5 rings (SSSR count).